The highest BCUT2D eigenvalue weighted by molar-refractivity contribution is 5.76. The maximum Gasteiger partial charge on any atom is 0.312 e. The van der Waals surface area contributed by atoms with E-state index in [1.165, 1.54) is 25.9 Å². The molecule has 1 aliphatic heterocycles. The minimum atomic E-state index is -0.756. The minimum Gasteiger partial charge on any atom is -0.481 e. The number of hydrogen-bond acceptors (Lipinski definition) is 3. The fourth-order valence-electron chi connectivity index (χ4n) is 2.94. The Bertz CT molecular complexity index is 428. The predicted molar refractivity (Wildman–Crippen MR) is 84.5 cm³/mol. The Labute approximate surface area is 127 Å². The van der Waals surface area contributed by atoms with Crippen molar-refractivity contribution < 1.29 is 9.90 Å². The lowest BCUT2D eigenvalue weighted by Crippen LogP contribution is -2.33. The summed E-state index contributed by atoms with van der Waals surface area (Å²) in [6.07, 6.45) is 3.67. The fraction of sp³-hybridized carbons (Fsp3) is 0.588. The molecule has 1 aromatic carbocycles. The Morgan fingerprint density at radius 2 is 2.00 bits per heavy atom. The molecule has 2 N–H and O–H groups in total. The number of carboxylic acid groups (broad SMARTS) is 1. The van der Waals surface area contributed by atoms with Crippen LogP contribution in [0, 0.1) is 5.92 Å². The number of benzene rings is 1. The average molecular weight is 290 g/mol. The molecule has 1 saturated heterocycles. The second-order valence-corrected chi connectivity index (χ2v) is 6.04. The lowest BCUT2D eigenvalue weighted by Gasteiger charge is -2.29. The van der Waals surface area contributed by atoms with Gasteiger partial charge < -0.3 is 15.3 Å². The molecule has 1 atom stereocenters. The van der Waals surface area contributed by atoms with Crippen LogP contribution in [0.2, 0.25) is 0 Å². The summed E-state index contributed by atoms with van der Waals surface area (Å²) >= 11 is 0. The van der Waals surface area contributed by atoms with Crippen LogP contribution in [0.4, 0.5) is 0 Å². The van der Waals surface area contributed by atoms with Gasteiger partial charge in [0.05, 0.1) is 5.92 Å². The minimum absolute atomic E-state index is 0.455. The van der Waals surface area contributed by atoms with E-state index < -0.39 is 11.9 Å². The van der Waals surface area contributed by atoms with Gasteiger partial charge in [-0.05, 0) is 57.4 Å². The number of nitrogens with one attached hydrogen (secondary N) is 1. The largest absolute Gasteiger partial charge is 0.481 e. The number of aliphatic carboxylic acids is 1. The Morgan fingerprint density at radius 1 is 1.33 bits per heavy atom. The van der Waals surface area contributed by atoms with Gasteiger partial charge in [-0.25, -0.2) is 0 Å². The molecule has 2 rings (SSSR count). The molecular formula is C17H26N2O2. The van der Waals surface area contributed by atoms with Crippen LogP contribution in [0.15, 0.2) is 30.3 Å². The number of hydrogen-bond donors (Lipinski definition) is 2. The Kier molecular flexibility index (Phi) is 6.21. The van der Waals surface area contributed by atoms with Crippen LogP contribution in [0.3, 0.4) is 0 Å². The lowest BCUT2D eigenvalue weighted by atomic mass is 9.93. The fourth-order valence-corrected chi connectivity index (χ4v) is 2.94. The van der Waals surface area contributed by atoms with E-state index in [0.717, 1.165) is 24.4 Å². The number of likely N-dealkylation sites (tertiary alicyclic amines) is 1. The summed E-state index contributed by atoms with van der Waals surface area (Å²) < 4.78 is 0. The molecule has 4 nitrogen and oxygen atoms in total. The van der Waals surface area contributed by atoms with Crippen molar-refractivity contribution in [3.63, 3.8) is 0 Å². The van der Waals surface area contributed by atoms with Crippen molar-refractivity contribution in [1.29, 1.82) is 0 Å². The average Bonchev–Trinajstić information content (AvgIpc) is 2.49. The van der Waals surface area contributed by atoms with Crippen LogP contribution in [-0.4, -0.2) is 49.2 Å². The SMILES string of the molecule is CN1CCC(CCNCC(C(=O)O)c2ccccc2)CC1. The predicted octanol–water partition coefficient (Wildman–Crippen LogP) is 2.18. The summed E-state index contributed by atoms with van der Waals surface area (Å²) in [6.45, 7) is 3.79. The normalized spacial score (nSPS) is 18.5. The monoisotopic (exact) mass is 290 g/mol. The molecule has 0 saturated carbocycles. The van der Waals surface area contributed by atoms with Crippen LogP contribution < -0.4 is 5.32 Å². The molecule has 1 heterocycles. The first-order valence-electron chi connectivity index (χ1n) is 7.84. The molecule has 21 heavy (non-hydrogen) atoms. The summed E-state index contributed by atoms with van der Waals surface area (Å²) in [5.41, 5.74) is 0.872. The molecule has 4 heteroatoms. The van der Waals surface area contributed by atoms with Crippen LogP contribution in [0.25, 0.3) is 0 Å². The van der Waals surface area contributed by atoms with E-state index in [9.17, 15) is 9.90 Å². The van der Waals surface area contributed by atoms with Crippen LogP contribution in [0.1, 0.15) is 30.7 Å². The number of piperidine rings is 1. The molecule has 0 spiro atoms. The van der Waals surface area contributed by atoms with Gasteiger partial charge >= 0.3 is 5.97 Å². The zero-order valence-electron chi connectivity index (χ0n) is 12.8. The molecule has 1 fully saturated rings. The topological polar surface area (TPSA) is 52.6 Å². The maximum atomic E-state index is 11.4. The summed E-state index contributed by atoms with van der Waals surface area (Å²) in [5, 5.41) is 12.7. The third-order valence-electron chi connectivity index (χ3n) is 4.42. The molecule has 1 unspecified atom stereocenters. The van der Waals surface area contributed by atoms with Crippen molar-refractivity contribution in [3.8, 4) is 0 Å². The van der Waals surface area contributed by atoms with Crippen LogP contribution >= 0.6 is 0 Å². The highest BCUT2D eigenvalue weighted by Crippen LogP contribution is 2.19. The summed E-state index contributed by atoms with van der Waals surface area (Å²) in [4.78, 5) is 13.8. The van der Waals surface area contributed by atoms with Gasteiger partial charge in [0, 0.05) is 6.54 Å². The lowest BCUT2D eigenvalue weighted by molar-refractivity contribution is -0.138. The number of carbonyl (C=O) groups is 1. The summed E-state index contributed by atoms with van der Waals surface area (Å²) in [6, 6.07) is 9.47. The molecule has 0 aliphatic carbocycles. The third-order valence-corrected chi connectivity index (χ3v) is 4.42. The van der Waals surface area contributed by atoms with Gasteiger partial charge in [-0.1, -0.05) is 30.3 Å². The van der Waals surface area contributed by atoms with E-state index in [1.807, 2.05) is 30.3 Å². The van der Waals surface area contributed by atoms with E-state index in [2.05, 4.69) is 17.3 Å². The second-order valence-electron chi connectivity index (χ2n) is 6.04. The molecule has 1 aliphatic rings. The zero-order chi connectivity index (χ0) is 15.1. The first kappa shape index (κ1) is 16.0. The smallest absolute Gasteiger partial charge is 0.312 e. The molecule has 0 radical (unpaired) electrons. The Hall–Kier alpha value is -1.39. The molecular weight excluding hydrogens is 264 g/mol. The van der Waals surface area contributed by atoms with Crippen LogP contribution in [-0.2, 0) is 4.79 Å². The van der Waals surface area contributed by atoms with Crippen molar-refractivity contribution in [2.24, 2.45) is 5.92 Å². The standard InChI is InChI=1S/C17H26N2O2/c1-19-11-8-14(9-12-19)7-10-18-13-16(17(20)21)15-5-3-2-4-6-15/h2-6,14,16,18H,7-13H2,1H3,(H,20,21). The van der Waals surface area contributed by atoms with Crippen molar-refractivity contribution in [3.05, 3.63) is 35.9 Å². The van der Waals surface area contributed by atoms with Gasteiger partial charge in [-0.15, -0.1) is 0 Å². The number of rotatable bonds is 7. The first-order valence-corrected chi connectivity index (χ1v) is 7.84. The van der Waals surface area contributed by atoms with Crippen molar-refractivity contribution in [1.82, 2.24) is 10.2 Å². The van der Waals surface area contributed by atoms with Gasteiger partial charge in [0.1, 0.15) is 0 Å². The van der Waals surface area contributed by atoms with E-state index in [0.29, 0.717) is 6.54 Å². The highest BCUT2D eigenvalue weighted by atomic mass is 16.4. The zero-order valence-corrected chi connectivity index (χ0v) is 12.8. The van der Waals surface area contributed by atoms with Gasteiger partial charge in [0.15, 0.2) is 0 Å². The number of nitrogens with zero attached hydrogens (tertiary/aromatic N) is 1. The Morgan fingerprint density at radius 3 is 2.62 bits per heavy atom. The van der Waals surface area contributed by atoms with Crippen molar-refractivity contribution in [2.75, 3.05) is 33.2 Å². The van der Waals surface area contributed by atoms with Crippen LogP contribution in [0.5, 0.6) is 0 Å². The van der Waals surface area contributed by atoms with Crippen molar-refractivity contribution >= 4 is 5.97 Å². The Balaban J connectivity index is 1.72. The molecule has 1 aromatic rings. The van der Waals surface area contributed by atoms with Gasteiger partial charge in [-0.3, -0.25) is 4.79 Å². The number of carboxylic acids is 1. The van der Waals surface area contributed by atoms with Gasteiger partial charge in [0.2, 0.25) is 0 Å². The summed E-state index contributed by atoms with van der Waals surface area (Å²) in [5.74, 6) is -0.426. The maximum absolute atomic E-state index is 11.4. The third kappa shape index (κ3) is 5.14. The van der Waals surface area contributed by atoms with Gasteiger partial charge in [0.25, 0.3) is 0 Å². The van der Waals surface area contributed by atoms with E-state index in [4.69, 9.17) is 0 Å². The second kappa shape index (κ2) is 8.15. The quantitative estimate of drug-likeness (QED) is 0.756. The van der Waals surface area contributed by atoms with E-state index in [-0.39, 0.29) is 0 Å². The van der Waals surface area contributed by atoms with Crippen molar-refractivity contribution in [2.45, 2.75) is 25.2 Å². The van der Waals surface area contributed by atoms with E-state index >= 15 is 0 Å². The van der Waals surface area contributed by atoms with Gasteiger partial charge in [-0.2, -0.15) is 0 Å². The highest BCUT2D eigenvalue weighted by Gasteiger charge is 2.20. The summed E-state index contributed by atoms with van der Waals surface area (Å²) in [7, 11) is 2.17. The molecule has 0 amide bonds. The first-order chi connectivity index (χ1) is 10.2. The van der Waals surface area contributed by atoms with E-state index in [1.54, 1.807) is 0 Å². The molecule has 0 aromatic heterocycles. The molecule has 116 valence electrons. The molecule has 0 bridgehead atoms.